The standard InChI is InChI=1S/C24H27F3N4O3/c1-16-2-7-19(8-3-16)31-13-12-30(23(31)33)15-21(32)29-18-5-9-20(10-6-18)34-22-11-4-17(14-28-22)24(25,26)27/h2-4,7-8,11,14,18,20H,5-6,9-10,12-13,15H2,1H3,(H,29,32). The lowest BCUT2D eigenvalue weighted by molar-refractivity contribution is -0.137. The molecule has 2 heterocycles. The molecular formula is C24H27F3N4O3. The van der Waals surface area contributed by atoms with Gasteiger partial charge in [0, 0.05) is 37.1 Å². The molecule has 182 valence electrons. The Hall–Kier alpha value is -3.30. The Bertz CT molecular complexity index is 1000. The summed E-state index contributed by atoms with van der Waals surface area (Å²) in [6.45, 7) is 3.01. The molecule has 0 atom stereocenters. The maximum Gasteiger partial charge on any atom is 0.417 e. The number of ether oxygens (including phenoxy) is 1. The van der Waals surface area contributed by atoms with Crippen molar-refractivity contribution >= 4 is 17.6 Å². The van der Waals surface area contributed by atoms with Gasteiger partial charge in [0.1, 0.15) is 12.6 Å². The Morgan fingerprint density at radius 1 is 1.09 bits per heavy atom. The first-order valence-corrected chi connectivity index (χ1v) is 11.3. The van der Waals surface area contributed by atoms with Gasteiger partial charge in [-0.3, -0.25) is 9.69 Å². The molecule has 1 saturated carbocycles. The van der Waals surface area contributed by atoms with Crippen LogP contribution in [0.2, 0.25) is 0 Å². The lowest BCUT2D eigenvalue weighted by atomic mass is 9.93. The summed E-state index contributed by atoms with van der Waals surface area (Å²) in [5.41, 5.74) is 1.12. The van der Waals surface area contributed by atoms with Crippen molar-refractivity contribution in [3.05, 3.63) is 53.7 Å². The molecule has 10 heteroatoms. The van der Waals surface area contributed by atoms with E-state index >= 15 is 0 Å². The summed E-state index contributed by atoms with van der Waals surface area (Å²) in [6, 6.07) is 9.67. The van der Waals surface area contributed by atoms with E-state index in [-0.39, 0.29) is 36.5 Å². The van der Waals surface area contributed by atoms with Gasteiger partial charge in [-0.2, -0.15) is 13.2 Å². The second-order valence-electron chi connectivity index (χ2n) is 8.73. The summed E-state index contributed by atoms with van der Waals surface area (Å²) in [4.78, 5) is 32.2. The van der Waals surface area contributed by atoms with Crippen LogP contribution in [0.4, 0.5) is 23.7 Å². The first-order chi connectivity index (χ1) is 16.2. The molecule has 0 radical (unpaired) electrons. The van der Waals surface area contributed by atoms with Crippen LogP contribution in [0.15, 0.2) is 42.6 Å². The largest absolute Gasteiger partial charge is 0.474 e. The molecule has 2 aliphatic rings. The third-order valence-electron chi connectivity index (χ3n) is 6.17. The SMILES string of the molecule is Cc1ccc(N2CCN(CC(=O)NC3CCC(Oc4ccc(C(F)(F)F)cn4)CC3)C2=O)cc1. The van der Waals surface area contributed by atoms with Crippen molar-refractivity contribution in [1.82, 2.24) is 15.2 Å². The van der Waals surface area contributed by atoms with Crippen LogP contribution in [0.3, 0.4) is 0 Å². The molecule has 1 N–H and O–H groups in total. The number of urea groups is 1. The van der Waals surface area contributed by atoms with E-state index in [9.17, 15) is 22.8 Å². The Morgan fingerprint density at radius 2 is 1.79 bits per heavy atom. The monoisotopic (exact) mass is 476 g/mol. The number of anilines is 1. The van der Waals surface area contributed by atoms with Crippen molar-refractivity contribution in [2.75, 3.05) is 24.5 Å². The molecule has 2 fully saturated rings. The quantitative estimate of drug-likeness (QED) is 0.680. The number of benzene rings is 1. The zero-order valence-corrected chi connectivity index (χ0v) is 18.8. The molecule has 1 saturated heterocycles. The normalized spacial score (nSPS) is 21.0. The number of nitrogens with zero attached hydrogens (tertiary/aromatic N) is 3. The molecule has 3 amide bonds. The molecule has 1 aromatic heterocycles. The van der Waals surface area contributed by atoms with E-state index < -0.39 is 11.7 Å². The number of aromatic nitrogens is 1. The van der Waals surface area contributed by atoms with Crippen LogP contribution >= 0.6 is 0 Å². The van der Waals surface area contributed by atoms with Crippen LogP contribution < -0.4 is 15.0 Å². The van der Waals surface area contributed by atoms with E-state index in [4.69, 9.17) is 4.74 Å². The minimum atomic E-state index is -4.43. The Labute approximate surface area is 195 Å². The number of aryl methyl sites for hydroxylation is 1. The van der Waals surface area contributed by atoms with Gasteiger partial charge in [-0.15, -0.1) is 0 Å². The van der Waals surface area contributed by atoms with E-state index in [1.807, 2.05) is 31.2 Å². The fourth-order valence-electron chi connectivity index (χ4n) is 4.25. The summed E-state index contributed by atoms with van der Waals surface area (Å²) < 4.78 is 43.6. The number of hydrogen-bond donors (Lipinski definition) is 1. The summed E-state index contributed by atoms with van der Waals surface area (Å²) in [6.07, 6.45) is -1.17. The topological polar surface area (TPSA) is 74.8 Å². The van der Waals surface area contributed by atoms with Crippen LogP contribution in [0.25, 0.3) is 0 Å². The number of hydrogen-bond acceptors (Lipinski definition) is 4. The van der Waals surface area contributed by atoms with Gasteiger partial charge < -0.3 is 15.0 Å². The van der Waals surface area contributed by atoms with E-state index in [1.54, 1.807) is 9.80 Å². The van der Waals surface area contributed by atoms with Crippen LogP contribution in [0, 0.1) is 6.92 Å². The third kappa shape index (κ3) is 5.78. The third-order valence-corrected chi connectivity index (χ3v) is 6.17. The van der Waals surface area contributed by atoms with Crippen LogP contribution in [0.5, 0.6) is 5.88 Å². The van der Waals surface area contributed by atoms with Crippen LogP contribution in [-0.2, 0) is 11.0 Å². The number of amides is 3. The fourth-order valence-corrected chi connectivity index (χ4v) is 4.25. The Balaban J connectivity index is 1.20. The average Bonchev–Trinajstić information content (AvgIpc) is 3.15. The predicted molar refractivity (Wildman–Crippen MR) is 120 cm³/mol. The van der Waals surface area contributed by atoms with Gasteiger partial charge in [0.15, 0.2) is 0 Å². The number of rotatable bonds is 6. The second-order valence-corrected chi connectivity index (χ2v) is 8.73. The lowest BCUT2D eigenvalue weighted by Crippen LogP contribution is -2.45. The second kappa shape index (κ2) is 9.90. The van der Waals surface area contributed by atoms with Gasteiger partial charge in [0.25, 0.3) is 0 Å². The first-order valence-electron chi connectivity index (χ1n) is 11.3. The number of carbonyl (C=O) groups excluding carboxylic acids is 2. The number of pyridine rings is 1. The summed E-state index contributed by atoms with van der Waals surface area (Å²) in [7, 11) is 0. The highest BCUT2D eigenvalue weighted by atomic mass is 19.4. The molecule has 1 aromatic carbocycles. The zero-order valence-electron chi connectivity index (χ0n) is 18.8. The van der Waals surface area contributed by atoms with Gasteiger partial charge >= 0.3 is 12.2 Å². The molecule has 0 bridgehead atoms. The van der Waals surface area contributed by atoms with E-state index in [2.05, 4.69) is 10.3 Å². The van der Waals surface area contributed by atoms with Gasteiger partial charge in [0.2, 0.25) is 11.8 Å². The number of nitrogens with one attached hydrogen (secondary N) is 1. The Kier molecular flexibility index (Phi) is 6.95. The van der Waals surface area contributed by atoms with E-state index in [0.29, 0.717) is 38.8 Å². The van der Waals surface area contributed by atoms with Gasteiger partial charge in [-0.1, -0.05) is 17.7 Å². The van der Waals surface area contributed by atoms with Gasteiger partial charge in [0.05, 0.1) is 5.56 Å². The van der Waals surface area contributed by atoms with Gasteiger partial charge in [-0.05, 0) is 50.8 Å². The maximum absolute atomic E-state index is 12.7. The van der Waals surface area contributed by atoms with Crippen molar-refractivity contribution in [2.45, 2.75) is 50.9 Å². The fraction of sp³-hybridized carbons (Fsp3) is 0.458. The van der Waals surface area contributed by atoms with Gasteiger partial charge in [-0.25, -0.2) is 9.78 Å². The smallest absolute Gasteiger partial charge is 0.417 e. The average molecular weight is 476 g/mol. The highest BCUT2D eigenvalue weighted by Gasteiger charge is 2.32. The van der Waals surface area contributed by atoms with E-state index in [0.717, 1.165) is 23.5 Å². The molecule has 0 unspecified atom stereocenters. The lowest BCUT2D eigenvalue weighted by Gasteiger charge is -2.29. The summed E-state index contributed by atoms with van der Waals surface area (Å²) in [5, 5.41) is 2.99. The highest BCUT2D eigenvalue weighted by molar-refractivity contribution is 5.96. The Morgan fingerprint density at radius 3 is 2.41 bits per heavy atom. The summed E-state index contributed by atoms with van der Waals surface area (Å²) >= 11 is 0. The number of halogens is 3. The van der Waals surface area contributed by atoms with Crippen LogP contribution in [0.1, 0.15) is 36.8 Å². The van der Waals surface area contributed by atoms with Crippen molar-refractivity contribution in [3.63, 3.8) is 0 Å². The molecule has 1 aliphatic carbocycles. The molecule has 4 rings (SSSR count). The van der Waals surface area contributed by atoms with Crippen molar-refractivity contribution in [2.24, 2.45) is 0 Å². The first kappa shape index (κ1) is 23.8. The molecule has 1 aliphatic heterocycles. The molecule has 0 spiro atoms. The summed E-state index contributed by atoms with van der Waals surface area (Å²) in [5.74, 6) is -0.0426. The minimum absolute atomic E-state index is 0.00704. The molecular weight excluding hydrogens is 449 g/mol. The minimum Gasteiger partial charge on any atom is -0.474 e. The van der Waals surface area contributed by atoms with Crippen molar-refractivity contribution < 1.29 is 27.5 Å². The molecule has 34 heavy (non-hydrogen) atoms. The molecule has 7 nitrogen and oxygen atoms in total. The van der Waals surface area contributed by atoms with Crippen LogP contribution in [-0.4, -0.2) is 53.6 Å². The predicted octanol–water partition coefficient (Wildman–Crippen LogP) is 4.16. The van der Waals surface area contributed by atoms with E-state index in [1.165, 1.54) is 6.07 Å². The highest BCUT2D eigenvalue weighted by Crippen LogP contribution is 2.30. The maximum atomic E-state index is 12.7. The van der Waals surface area contributed by atoms with Crippen molar-refractivity contribution in [1.29, 1.82) is 0 Å². The van der Waals surface area contributed by atoms with Crippen molar-refractivity contribution in [3.8, 4) is 5.88 Å². The zero-order chi connectivity index (χ0) is 24.3. The molecule has 2 aromatic rings. The number of carbonyl (C=O) groups is 2. The number of alkyl halides is 3.